The van der Waals surface area contributed by atoms with Crippen molar-refractivity contribution in [2.45, 2.75) is 88.2 Å². The molecule has 3 aromatic carbocycles. The van der Waals surface area contributed by atoms with Gasteiger partial charge in [-0.3, -0.25) is 0 Å². The second-order valence-corrected chi connectivity index (χ2v) is 20.7. The molecule has 236 valence electrons. The summed E-state index contributed by atoms with van der Waals surface area (Å²) in [5.74, 6) is -0.921. The molecule has 3 rings (SSSR count). The molecule has 11 heteroatoms. The third kappa shape index (κ3) is 8.02. The van der Waals surface area contributed by atoms with Crippen LogP contribution in [0.1, 0.15) is 58.2 Å². The first-order chi connectivity index (χ1) is 20.0. The summed E-state index contributed by atoms with van der Waals surface area (Å²) in [6.45, 7) is 14.2. The van der Waals surface area contributed by atoms with Gasteiger partial charge in [0.25, 0.3) is 0 Å². The van der Waals surface area contributed by atoms with E-state index in [0.29, 0.717) is 11.1 Å². The van der Waals surface area contributed by atoms with Crippen LogP contribution in [-0.4, -0.2) is 48.3 Å². The zero-order chi connectivity index (χ0) is 32.1. The minimum Gasteiger partial charge on any atom is -0.412 e. The van der Waals surface area contributed by atoms with Crippen molar-refractivity contribution in [3.63, 3.8) is 0 Å². The molecule has 2 atom stereocenters. The zero-order valence-electron chi connectivity index (χ0n) is 26.2. The molecular formula is C32H46N2O6S2Si. The lowest BCUT2D eigenvalue weighted by molar-refractivity contribution is -0.00354. The minimum atomic E-state index is -4.34. The predicted molar refractivity (Wildman–Crippen MR) is 175 cm³/mol. The number of hydrogen-bond donors (Lipinski definition) is 3. The largest absolute Gasteiger partial charge is 0.412 e. The third-order valence-corrected chi connectivity index (χ3v) is 16.9. The Morgan fingerprint density at radius 1 is 0.814 bits per heavy atom. The van der Waals surface area contributed by atoms with Crippen LogP contribution in [-0.2, 0) is 30.1 Å². The molecule has 0 amide bonds. The van der Waals surface area contributed by atoms with Crippen molar-refractivity contribution in [3.05, 3.63) is 102 Å². The Morgan fingerprint density at radius 2 is 1.28 bits per heavy atom. The molecule has 3 aromatic rings. The van der Waals surface area contributed by atoms with Gasteiger partial charge in [0.2, 0.25) is 20.0 Å². The predicted octanol–water partition coefficient (Wildman–Crippen LogP) is 5.65. The number of hydrogen-bond acceptors (Lipinski definition) is 6. The average Bonchev–Trinajstić information content (AvgIpc) is 2.98. The van der Waals surface area contributed by atoms with Crippen LogP contribution < -0.4 is 9.44 Å². The molecule has 0 aliphatic carbocycles. The molecule has 0 saturated heterocycles. The Bertz CT molecular complexity index is 1500. The summed E-state index contributed by atoms with van der Waals surface area (Å²) in [7, 11) is -10.9. The van der Waals surface area contributed by atoms with E-state index in [0.717, 1.165) is 17.7 Å². The summed E-state index contributed by atoms with van der Waals surface area (Å²) in [5.41, 5.74) is -0.0360. The molecule has 0 fully saturated rings. The summed E-state index contributed by atoms with van der Waals surface area (Å²) in [6, 6.07) is 24.2. The van der Waals surface area contributed by atoms with E-state index >= 15 is 0 Å². The number of aliphatic hydroxyl groups is 1. The maximum absolute atomic E-state index is 13.7. The molecule has 0 spiro atoms. The summed E-state index contributed by atoms with van der Waals surface area (Å²) >= 11 is 0. The molecule has 0 aliphatic rings. The van der Waals surface area contributed by atoms with Crippen molar-refractivity contribution >= 4 is 28.4 Å². The second kappa shape index (κ2) is 13.7. The van der Waals surface area contributed by atoms with Crippen molar-refractivity contribution in [3.8, 4) is 0 Å². The van der Waals surface area contributed by atoms with Crippen LogP contribution in [0.15, 0.2) is 89.8 Å². The van der Waals surface area contributed by atoms with Gasteiger partial charge in [0.15, 0.2) is 8.32 Å². The van der Waals surface area contributed by atoms with Crippen LogP contribution in [0.4, 0.5) is 0 Å². The van der Waals surface area contributed by atoms with Crippen LogP contribution in [0.25, 0.3) is 0 Å². The highest BCUT2D eigenvalue weighted by molar-refractivity contribution is 7.92. The molecule has 0 saturated carbocycles. The molecule has 3 N–H and O–H groups in total. The smallest absolute Gasteiger partial charge is 0.241 e. The van der Waals surface area contributed by atoms with Crippen LogP contribution in [0, 0.1) is 6.92 Å². The Hall–Kier alpha value is -2.38. The molecule has 0 heterocycles. The maximum Gasteiger partial charge on any atom is 0.241 e. The van der Waals surface area contributed by atoms with E-state index in [1.54, 1.807) is 67.6 Å². The van der Waals surface area contributed by atoms with Crippen LogP contribution in [0.5, 0.6) is 0 Å². The van der Waals surface area contributed by atoms with E-state index in [1.807, 2.05) is 19.1 Å². The van der Waals surface area contributed by atoms with Crippen molar-refractivity contribution in [2.75, 3.05) is 5.88 Å². The van der Waals surface area contributed by atoms with Gasteiger partial charge >= 0.3 is 0 Å². The molecule has 2 unspecified atom stereocenters. The van der Waals surface area contributed by atoms with Gasteiger partial charge in [0.1, 0.15) is 11.5 Å². The summed E-state index contributed by atoms with van der Waals surface area (Å²) < 4.78 is 65.1. The maximum atomic E-state index is 13.7. The monoisotopic (exact) mass is 646 g/mol. The fraction of sp³-hybridized carbons (Fsp3) is 0.438. The highest BCUT2D eigenvalue weighted by atomic mass is 32.2. The molecule has 0 aromatic heterocycles. The quantitative estimate of drug-likeness (QED) is 0.195. The lowest BCUT2D eigenvalue weighted by Gasteiger charge is -2.47. The highest BCUT2D eigenvalue weighted by Crippen LogP contribution is 2.44. The van der Waals surface area contributed by atoms with Gasteiger partial charge in [-0.25, -0.2) is 21.6 Å². The Labute approximate surface area is 259 Å². The molecule has 0 aliphatic heterocycles. The standard InChI is InChI=1S/C32H46N2O6S2Si/c1-8-43(9-2,31(5,6)7)40-26(4)30(32(35,27-16-12-10-13-17-27)28-18-14-11-15-19-28)34-41(36,37)24-33-42(38,39)29-22-20-25(3)21-23-29/h10-23,26,30,33-35H,8-9,24H2,1-7H3. The van der Waals surface area contributed by atoms with Crippen LogP contribution in [0.3, 0.4) is 0 Å². The van der Waals surface area contributed by atoms with Gasteiger partial charge in [-0.05, 0) is 54.2 Å². The molecule has 0 bridgehead atoms. The fourth-order valence-corrected chi connectivity index (χ4v) is 12.6. The number of benzene rings is 3. The first-order valence-electron chi connectivity index (χ1n) is 14.6. The van der Waals surface area contributed by atoms with Gasteiger partial charge in [0.05, 0.1) is 17.0 Å². The van der Waals surface area contributed by atoms with Crippen molar-refractivity contribution in [2.24, 2.45) is 0 Å². The van der Waals surface area contributed by atoms with Crippen molar-refractivity contribution in [1.82, 2.24) is 9.44 Å². The SMILES string of the molecule is CC[Si](CC)(OC(C)C(NS(=O)(=O)CNS(=O)(=O)c1ccc(C)cc1)C(O)(c1ccccc1)c1ccccc1)C(C)(C)C. The van der Waals surface area contributed by atoms with E-state index in [-0.39, 0.29) is 9.93 Å². The first kappa shape index (κ1) is 35.1. The summed E-state index contributed by atoms with van der Waals surface area (Å²) in [6.07, 6.45) is -0.792. The van der Waals surface area contributed by atoms with E-state index in [1.165, 1.54) is 12.1 Å². The van der Waals surface area contributed by atoms with Gasteiger partial charge < -0.3 is 9.53 Å². The van der Waals surface area contributed by atoms with Crippen LogP contribution >= 0.6 is 0 Å². The van der Waals surface area contributed by atoms with Crippen molar-refractivity contribution < 1.29 is 26.4 Å². The molecular weight excluding hydrogens is 601 g/mol. The van der Waals surface area contributed by atoms with E-state index in [9.17, 15) is 21.9 Å². The fourth-order valence-electron chi connectivity index (χ4n) is 5.70. The Balaban J connectivity index is 2.10. The third-order valence-electron chi connectivity index (χ3n) is 8.34. The Kier molecular flexibility index (Phi) is 11.2. The van der Waals surface area contributed by atoms with Gasteiger partial charge in [-0.15, -0.1) is 0 Å². The zero-order valence-corrected chi connectivity index (χ0v) is 28.8. The molecule has 0 radical (unpaired) electrons. The number of rotatable bonds is 14. The second-order valence-electron chi connectivity index (χ2n) is 12.1. The van der Waals surface area contributed by atoms with E-state index in [2.05, 4.69) is 44.1 Å². The normalized spacial score (nSPS) is 14.8. The summed E-state index contributed by atoms with van der Waals surface area (Å²) in [4.78, 5) is -0.0431. The van der Waals surface area contributed by atoms with Crippen molar-refractivity contribution in [1.29, 1.82) is 0 Å². The number of aryl methyl sites for hydroxylation is 1. The Morgan fingerprint density at radius 3 is 1.70 bits per heavy atom. The number of nitrogens with one attached hydrogen (secondary N) is 2. The highest BCUT2D eigenvalue weighted by Gasteiger charge is 2.50. The van der Waals surface area contributed by atoms with Gasteiger partial charge in [-0.2, -0.15) is 4.72 Å². The topological polar surface area (TPSA) is 122 Å². The van der Waals surface area contributed by atoms with E-state index in [4.69, 9.17) is 4.43 Å². The lowest BCUT2D eigenvalue weighted by atomic mass is 9.78. The van der Waals surface area contributed by atoms with Gasteiger partial charge in [-0.1, -0.05) is 113 Å². The lowest BCUT2D eigenvalue weighted by Crippen LogP contribution is -2.61. The number of sulfonamides is 2. The first-order valence-corrected chi connectivity index (χ1v) is 20.0. The van der Waals surface area contributed by atoms with Crippen LogP contribution in [0.2, 0.25) is 17.1 Å². The molecule has 43 heavy (non-hydrogen) atoms. The van der Waals surface area contributed by atoms with Gasteiger partial charge in [0, 0.05) is 0 Å². The van der Waals surface area contributed by atoms with E-state index < -0.39 is 52.0 Å². The average molecular weight is 647 g/mol. The minimum absolute atomic E-state index is 0.0431. The molecule has 8 nitrogen and oxygen atoms in total. The summed E-state index contributed by atoms with van der Waals surface area (Å²) in [5, 5.41) is 12.5.